The molecule has 0 aromatic carbocycles. The maximum absolute atomic E-state index is 7.45. The second-order valence-electron chi connectivity index (χ2n) is 7.82. The number of aromatic nitrogens is 1. The summed E-state index contributed by atoms with van der Waals surface area (Å²) in [6, 6.07) is 1.94. The molecule has 2 saturated heterocycles. The van der Waals surface area contributed by atoms with E-state index in [0.717, 1.165) is 15.7 Å². The number of hydrogen-bond acceptors (Lipinski definition) is 5. The molecule has 1 aromatic heterocycles. The number of aromatic amines is 1. The van der Waals surface area contributed by atoms with E-state index in [1.165, 1.54) is 6.21 Å². The largest absolute Gasteiger partial charge is 0.488 e. The Bertz CT molecular complexity index is 707. The lowest BCUT2D eigenvalue weighted by atomic mass is 9.49. The van der Waals surface area contributed by atoms with Gasteiger partial charge in [0, 0.05) is 22.5 Å². The molecular weight excluding hydrogens is 398 g/mol. The highest BCUT2D eigenvalue weighted by Crippen LogP contribution is 2.36. The van der Waals surface area contributed by atoms with Gasteiger partial charge in [-0.3, -0.25) is 0 Å². The molecule has 1 aromatic rings. The van der Waals surface area contributed by atoms with Crippen LogP contribution in [-0.2, 0) is 18.6 Å². The highest BCUT2D eigenvalue weighted by molar-refractivity contribution is 9.15. The fraction of sp³-hybridized carbons (Fsp3) is 0.588. The molecule has 2 aliphatic heterocycles. The van der Waals surface area contributed by atoms with Crippen molar-refractivity contribution in [3.05, 3.63) is 29.6 Å². The summed E-state index contributed by atoms with van der Waals surface area (Å²) in [4.78, 5) is 3.03. The van der Waals surface area contributed by atoms with Crippen molar-refractivity contribution in [2.75, 3.05) is 0 Å². The lowest BCUT2D eigenvalue weighted by Crippen LogP contribution is -2.41. The van der Waals surface area contributed by atoms with Crippen molar-refractivity contribution < 1.29 is 18.6 Å². The predicted octanol–water partition coefficient (Wildman–Crippen LogP) is 3.60. The Balaban J connectivity index is 1.67. The summed E-state index contributed by atoms with van der Waals surface area (Å²) in [6.07, 6.45) is 5.68. The standard InChI is InChI=1S/C17H25B2BrN2O4/c1-11-16(2,3)25-18(23-11)19-24-15(17(4,5)26-19)7-6-13(20)12-8-9-22-14(12)10-21/h6,8-11,15,21-22H,7H2,1-5H3/b13-6+,21-10?. The Kier molecular flexibility index (Phi) is 5.57. The summed E-state index contributed by atoms with van der Waals surface area (Å²) in [6.45, 7) is 10.0. The van der Waals surface area contributed by atoms with Crippen molar-refractivity contribution >= 4 is 40.6 Å². The third kappa shape index (κ3) is 3.87. The van der Waals surface area contributed by atoms with Gasteiger partial charge >= 0.3 is 14.0 Å². The van der Waals surface area contributed by atoms with Gasteiger partial charge in [0.05, 0.1) is 29.1 Å². The summed E-state index contributed by atoms with van der Waals surface area (Å²) in [5.74, 6) is 0. The second-order valence-corrected chi connectivity index (χ2v) is 8.67. The van der Waals surface area contributed by atoms with E-state index in [0.29, 0.717) is 6.42 Å². The van der Waals surface area contributed by atoms with Crippen LogP contribution in [0.3, 0.4) is 0 Å². The van der Waals surface area contributed by atoms with Crippen molar-refractivity contribution in [3.63, 3.8) is 0 Å². The molecule has 0 aliphatic carbocycles. The van der Waals surface area contributed by atoms with E-state index in [9.17, 15) is 0 Å². The van der Waals surface area contributed by atoms with Crippen molar-refractivity contribution in [1.82, 2.24) is 4.98 Å². The summed E-state index contributed by atoms with van der Waals surface area (Å²) in [5, 5.41) is 7.45. The molecule has 3 heterocycles. The second kappa shape index (κ2) is 7.28. The van der Waals surface area contributed by atoms with Gasteiger partial charge < -0.3 is 29.0 Å². The monoisotopic (exact) mass is 422 g/mol. The average molecular weight is 423 g/mol. The maximum atomic E-state index is 7.45. The SMILES string of the molecule is CC1OB(B2OC(C/C=C(/Br)c3cc[nH]c3C=N)C(C)(C)O2)OC1(C)C. The number of hydrogen-bond donors (Lipinski definition) is 2. The van der Waals surface area contributed by atoms with Gasteiger partial charge in [0.1, 0.15) is 0 Å². The van der Waals surface area contributed by atoms with Gasteiger partial charge in [0.25, 0.3) is 0 Å². The minimum absolute atomic E-state index is 0.0240. The highest BCUT2D eigenvalue weighted by atomic mass is 79.9. The number of rotatable bonds is 5. The molecule has 140 valence electrons. The first-order valence-electron chi connectivity index (χ1n) is 8.84. The Morgan fingerprint density at radius 2 is 1.88 bits per heavy atom. The Morgan fingerprint density at radius 3 is 2.50 bits per heavy atom. The van der Waals surface area contributed by atoms with Gasteiger partial charge in [-0.25, -0.2) is 0 Å². The summed E-state index contributed by atoms with van der Waals surface area (Å²) in [7, 11) is -1.07. The lowest BCUT2D eigenvalue weighted by molar-refractivity contribution is 0.0746. The van der Waals surface area contributed by atoms with Crippen LogP contribution in [0.5, 0.6) is 0 Å². The van der Waals surface area contributed by atoms with Crippen LogP contribution in [0.2, 0.25) is 0 Å². The van der Waals surface area contributed by atoms with Crippen molar-refractivity contribution in [3.8, 4) is 0 Å². The molecule has 2 atom stereocenters. The van der Waals surface area contributed by atoms with Crippen LogP contribution in [0.15, 0.2) is 18.3 Å². The van der Waals surface area contributed by atoms with Crippen LogP contribution in [0, 0.1) is 5.41 Å². The fourth-order valence-electron chi connectivity index (χ4n) is 3.13. The number of halogens is 1. The van der Waals surface area contributed by atoms with Crippen LogP contribution in [0.1, 0.15) is 52.3 Å². The summed E-state index contributed by atoms with van der Waals surface area (Å²) in [5.41, 5.74) is 0.892. The third-order valence-electron chi connectivity index (χ3n) is 5.14. The summed E-state index contributed by atoms with van der Waals surface area (Å²) < 4.78 is 25.0. The molecule has 0 amide bonds. The quantitative estimate of drug-likeness (QED) is 0.561. The van der Waals surface area contributed by atoms with Crippen LogP contribution in [-0.4, -0.2) is 48.6 Å². The van der Waals surface area contributed by atoms with Gasteiger partial charge in [-0.1, -0.05) is 22.0 Å². The molecule has 26 heavy (non-hydrogen) atoms. The van der Waals surface area contributed by atoms with Gasteiger partial charge in [0.15, 0.2) is 0 Å². The average Bonchev–Trinajstić information content (AvgIpc) is 3.21. The molecule has 3 rings (SSSR count). The molecule has 2 fully saturated rings. The van der Waals surface area contributed by atoms with Crippen molar-refractivity contribution in [2.45, 2.75) is 64.4 Å². The van der Waals surface area contributed by atoms with E-state index < -0.39 is 19.6 Å². The number of nitrogens with one attached hydrogen (secondary N) is 2. The predicted molar refractivity (Wildman–Crippen MR) is 107 cm³/mol. The minimum atomic E-state index is -0.546. The minimum Gasteiger partial charge on any atom is -0.408 e. The van der Waals surface area contributed by atoms with E-state index >= 15 is 0 Å². The van der Waals surface area contributed by atoms with Gasteiger partial charge in [-0.2, -0.15) is 0 Å². The molecule has 0 bridgehead atoms. The molecule has 2 aliphatic rings. The van der Waals surface area contributed by atoms with Crippen LogP contribution in [0.4, 0.5) is 0 Å². The molecule has 0 saturated carbocycles. The zero-order valence-electron chi connectivity index (χ0n) is 15.8. The zero-order chi connectivity index (χ0) is 19.1. The molecule has 2 unspecified atom stereocenters. The zero-order valence-corrected chi connectivity index (χ0v) is 17.4. The Labute approximate surface area is 163 Å². The third-order valence-corrected chi connectivity index (χ3v) is 5.90. The van der Waals surface area contributed by atoms with E-state index in [1.54, 1.807) is 0 Å². The smallest absolute Gasteiger partial charge is 0.408 e. The van der Waals surface area contributed by atoms with Crippen LogP contribution in [0.25, 0.3) is 4.48 Å². The Morgan fingerprint density at radius 1 is 1.23 bits per heavy atom. The molecular formula is C17H25B2BrN2O4. The first-order valence-corrected chi connectivity index (χ1v) is 9.64. The van der Waals surface area contributed by atoms with E-state index in [4.69, 9.17) is 24.0 Å². The van der Waals surface area contributed by atoms with Gasteiger partial charge in [-0.15, -0.1) is 0 Å². The number of H-pyrrole nitrogens is 1. The van der Waals surface area contributed by atoms with Crippen LogP contribution < -0.4 is 0 Å². The van der Waals surface area contributed by atoms with E-state index in [-0.39, 0.29) is 17.8 Å². The lowest BCUT2D eigenvalue weighted by Gasteiger charge is -2.24. The van der Waals surface area contributed by atoms with Crippen molar-refractivity contribution in [1.29, 1.82) is 5.41 Å². The highest BCUT2D eigenvalue weighted by Gasteiger charge is 2.58. The normalized spacial score (nSPS) is 28.0. The molecule has 9 heteroatoms. The molecule has 0 radical (unpaired) electrons. The maximum Gasteiger partial charge on any atom is 0.488 e. The fourth-order valence-corrected chi connectivity index (χ4v) is 3.66. The Hall–Kier alpha value is -0.860. The van der Waals surface area contributed by atoms with Crippen LogP contribution >= 0.6 is 15.9 Å². The topological polar surface area (TPSA) is 76.6 Å². The first-order chi connectivity index (χ1) is 12.1. The van der Waals surface area contributed by atoms with Crippen molar-refractivity contribution in [2.24, 2.45) is 0 Å². The van der Waals surface area contributed by atoms with Gasteiger partial charge in [0.2, 0.25) is 0 Å². The molecule has 2 N–H and O–H groups in total. The van der Waals surface area contributed by atoms with E-state index in [2.05, 4.69) is 27.0 Å². The van der Waals surface area contributed by atoms with E-state index in [1.807, 2.05) is 46.9 Å². The molecule has 0 spiro atoms. The van der Waals surface area contributed by atoms with Gasteiger partial charge in [-0.05, 0) is 47.1 Å². The summed E-state index contributed by atoms with van der Waals surface area (Å²) >= 11 is 3.60. The first kappa shape index (κ1) is 19.9. The molecule has 6 nitrogen and oxygen atoms in total.